The number of ether oxygens (including phenoxy) is 1. The van der Waals surface area contributed by atoms with Gasteiger partial charge in [0.05, 0.1) is 17.1 Å². The van der Waals surface area contributed by atoms with E-state index in [1.54, 1.807) is 43.5 Å². The molecule has 0 radical (unpaired) electrons. The Hall–Kier alpha value is -3.92. The molecule has 0 aliphatic rings. The monoisotopic (exact) mass is 467 g/mol. The minimum atomic E-state index is -3.51. The molecule has 170 valence electrons. The third kappa shape index (κ3) is 5.86. The molecule has 4 rings (SSSR count). The summed E-state index contributed by atoms with van der Waals surface area (Å²) >= 11 is 0. The Balaban J connectivity index is 1.59. The third-order valence-corrected chi connectivity index (χ3v) is 6.04. The van der Waals surface area contributed by atoms with E-state index in [1.165, 1.54) is 12.1 Å². The van der Waals surface area contributed by atoms with Gasteiger partial charge in [-0.15, -0.1) is 0 Å². The highest BCUT2D eigenvalue weighted by Crippen LogP contribution is 2.32. The van der Waals surface area contributed by atoms with Crippen LogP contribution in [-0.2, 0) is 16.6 Å². The average Bonchev–Trinajstić information content (AvgIpc) is 3.28. The smallest absolute Gasteiger partial charge is 0.232 e. The van der Waals surface area contributed by atoms with Crippen molar-refractivity contribution in [3.63, 3.8) is 0 Å². The summed E-state index contributed by atoms with van der Waals surface area (Å²) in [6.45, 7) is 1.69. The first kappa shape index (κ1) is 22.3. The number of aromatic nitrogens is 3. The van der Waals surface area contributed by atoms with Gasteiger partial charge < -0.3 is 10.1 Å². The number of anilines is 3. The minimum Gasteiger partial charge on any atom is -0.487 e. The van der Waals surface area contributed by atoms with Gasteiger partial charge in [0.1, 0.15) is 24.0 Å². The lowest BCUT2D eigenvalue weighted by atomic mass is 10.1. The predicted molar refractivity (Wildman–Crippen MR) is 125 cm³/mol. The fraction of sp³-hybridized carbons (Fsp3) is 0.130. The van der Waals surface area contributed by atoms with Crippen molar-refractivity contribution in [1.29, 1.82) is 0 Å². The molecule has 2 aromatic heterocycles. The van der Waals surface area contributed by atoms with Gasteiger partial charge in [-0.1, -0.05) is 24.3 Å². The van der Waals surface area contributed by atoms with Gasteiger partial charge in [-0.25, -0.2) is 17.8 Å². The maximum absolute atomic E-state index is 13.2. The zero-order valence-corrected chi connectivity index (χ0v) is 18.6. The van der Waals surface area contributed by atoms with Gasteiger partial charge in [-0.05, 0) is 48.9 Å². The molecule has 2 heterocycles. The summed E-state index contributed by atoms with van der Waals surface area (Å²) in [5, 5.41) is 10.3. The average molecular weight is 468 g/mol. The Morgan fingerprint density at radius 3 is 2.58 bits per heavy atom. The number of pyridine rings is 1. The van der Waals surface area contributed by atoms with Crippen LogP contribution in [0.4, 0.5) is 21.7 Å². The van der Waals surface area contributed by atoms with Crippen molar-refractivity contribution in [2.75, 3.05) is 15.8 Å². The number of H-pyrrole nitrogens is 1. The lowest BCUT2D eigenvalue weighted by Crippen LogP contribution is -2.15. The Morgan fingerprint density at radius 1 is 1.03 bits per heavy atom. The van der Waals surface area contributed by atoms with E-state index in [9.17, 15) is 12.8 Å². The van der Waals surface area contributed by atoms with Crippen LogP contribution in [0.2, 0.25) is 0 Å². The van der Waals surface area contributed by atoms with E-state index in [-0.39, 0.29) is 18.2 Å². The molecule has 0 atom stereocenters. The maximum Gasteiger partial charge on any atom is 0.232 e. The maximum atomic E-state index is 13.2. The molecule has 2 aromatic carbocycles. The highest BCUT2D eigenvalue weighted by molar-refractivity contribution is 7.92. The summed E-state index contributed by atoms with van der Waals surface area (Å²) < 4.78 is 45.9. The number of hydrogen-bond donors (Lipinski definition) is 3. The summed E-state index contributed by atoms with van der Waals surface area (Å²) in [5.74, 6) is 1.15. The molecule has 0 amide bonds. The van der Waals surface area contributed by atoms with Gasteiger partial charge in [0.15, 0.2) is 5.82 Å². The van der Waals surface area contributed by atoms with Crippen LogP contribution in [0.1, 0.15) is 12.5 Å². The Labute approximate surface area is 190 Å². The number of sulfonamides is 1. The second-order valence-electron chi connectivity index (χ2n) is 7.14. The van der Waals surface area contributed by atoms with E-state index in [0.717, 1.165) is 11.1 Å². The highest BCUT2D eigenvalue weighted by atomic mass is 32.2. The summed E-state index contributed by atoms with van der Waals surface area (Å²) in [6.07, 6.45) is 1.68. The number of halogens is 1. The fourth-order valence-corrected chi connectivity index (χ4v) is 3.62. The van der Waals surface area contributed by atoms with Gasteiger partial charge in [-0.3, -0.25) is 9.82 Å². The van der Waals surface area contributed by atoms with Crippen LogP contribution >= 0.6 is 0 Å². The summed E-state index contributed by atoms with van der Waals surface area (Å²) in [5.41, 5.74) is 2.50. The van der Waals surface area contributed by atoms with E-state index in [2.05, 4.69) is 25.2 Å². The molecule has 10 heteroatoms. The Bertz CT molecular complexity index is 1330. The number of nitrogens with zero attached hydrogens (tertiary/aromatic N) is 2. The molecule has 0 aliphatic carbocycles. The van der Waals surface area contributed by atoms with Crippen LogP contribution in [0.15, 0.2) is 72.9 Å². The van der Waals surface area contributed by atoms with Crippen LogP contribution in [0.25, 0.3) is 11.3 Å². The van der Waals surface area contributed by atoms with Crippen LogP contribution in [-0.4, -0.2) is 29.4 Å². The summed E-state index contributed by atoms with van der Waals surface area (Å²) in [6, 6.07) is 18.3. The Morgan fingerprint density at radius 2 is 1.85 bits per heavy atom. The van der Waals surface area contributed by atoms with Crippen molar-refractivity contribution < 1.29 is 17.5 Å². The molecule has 0 saturated carbocycles. The second-order valence-corrected chi connectivity index (χ2v) is 9.15. The third-order valence-electron chi connectivity index (χ3n) is 4.74. The van der Waals surface area contributed by atoms with Crippen LogP contribution in [0, 0.1) is 5.82 Å². The summed E-state index contributed by atoms with van der Waals surface area (Å²) in [4.78, 5) is 4.21. The van der Waals surface area contributed by atoms with Crippen molar-refractivity contribution in [1.82, 2.24) is 15.2 Å². The fourth-order valence-electron chi connectivity index (χ4n) is 2.98. The molecule has 0 fully saturated rings. The molecule has 0 unspecified atom stereocenters. The molecule has 33 heavy (non-hydrogen) atoms. The van der Waals surface area contributed by atoms with E-state index in [4.69, 9.17) is 4.74 Å². The Kier molecular flexibility index (Phi) is 6.55. The number of aromatic amines is 1. The van der Waals surface area contributed by atoms with E-state index in [1.807, 2.05) is 24.3 Å². The molecular weight excluding hydrogens is 445 g/mol. The molecule has 4 aromatic rings. The molecule has 0 bridgehead atoms. The van der Waals surface area contributed by atoms with Gasteiger partial charge >= 0.3 is 0 Å². The number of nitrogens with one attached hydrogen (secondary N) is 3. The molecule has 8 nitrogen and oxygen atoms in total. The zero-order valence-electron chi connectivity index (χ0n) is 17.7. The zero-order chi connectivity index (χ0) is 23.3. The van der Waals surface area contributed by atoms with E-state index < -0.39 is 10.0 Å². The number of benzene rings is 2. The van der Waals surface area contributed by atoms with Crippen molar-refractivity contribution in [2.45, 2.75) is 13.5 Å². The van der Waals surface area contributed by atoms with E-state index >= 15 is 0 Å². The first-order valence-electron chi connectivity index (χ1n) is 10.2. The van der Waals surface area contributed by atoms with Crippen molar-refractivity contribution >= 4 is 27.3 Å². The topological polar surface area (TPSA) is 109 Å². The van der Waals surface area contributed by atoms with Gasteiger partial charge in [0, 0.05) is 17.8 Å². The first-order valence-corrected chi connectivity index (χ1v) is 11.8. The van der Waals surface area contributed by atoms with Crippen LogP contribution in [0.3, 0.4) is 0 Å². The SMILES string of the molecule is CCS(=O)(=O)Nc1ccc(-c2cc(Nc3ccccn3)n[nH]2)cc1OCc1ccc(F)cc1. The quantitative estimate of drug-likeness (QED) is 0.329. The van der Waals surface area contributed by atoms with E-state index in [0.29, 0.717) is 28.8 Å². The van der Waals surface area contributed by atoms with Crippen molar-refractivity contribution in [2.24, 2.45) is 0 Å². The minimum absolute atomic E-state index is 0.0742. The molecule has 0 spiro atoms. The molecule has 0 aliphatic heterocycles. The van der Waals surface area contributed by atoms with Gasteiger partial charge in [0.2, 0.25) is 10.0 Å². The van der Waals surface area contributed by atoms with Crippen LogP contribution in [0.5, 0.6) is 5.75 Å². The van der Waals surface area contributed by atoms with Crippen LogP contribution < -0.4 is 14.8 Å². The standard InChI is InChI=1S/C23H22FN5O3S/c1-2-33(30,31)29-19-11-8-17(13-21(19)32-15-16-6-9-18(24)10-7-16)20-14-23(28-27-20)26-22-5-3-4-12-25-22/h3-14,29H,2,15H2,1H3,(H2,25,26,27,28). The highest BCUT2D eigenvalue weighted by Gasteiger charge is 2.14. The lowest BCUT2D eigenvalue weighted by molar-refractivity contribution is 0.308. The lowest BCUT2D eigenvalue weighted by Gasteiger charge is -2.14. The normalized spacial score (nSPS) is 11.2. The molecule has 0 saturated heterocycles. The largest absolute Gasteiger partial charge is 0.487 e. The first-order chi connectivity index (χ1) is 15.9. The molecular formula is C23H22FN5O3S. The second kappa shape index (κ2) is 9.70. The number of hydrogen-bond acceptors (Lipinski definition) is 6. The molecule has 3 N–H and O–H groups in total. The predicted octanol–water partition coefficient (Wildman–Crippen LogP) is 4.70. The van der Waals surface area contributed by atoms with Crippen molar-refractivity contribution in [3.8, 4) is 17.0 Å². The summed E-state index contributed by atoms with van der Waals surface area (Å²) in [7, 11) is -3.51. The van der Waals surface area contributed by atoms with Gasteiger partial charge in [-0.2, -0.15) is 5.10 Å². The van der Waals surface area contributed by atoms with Crippen molar-refractivity contribution in [3.05, 3.63) is 84.3 Å². The van der Waals surface area contributed by atoms with Gasteiger partial charge in [0.25, 0.3) is 0 Å². The number of rotatable bonds is 9.